The molecule has 29 heavy (non-hydrogen) atoms. The number of hydrogen-bond donors (Lipinski definition) is 0. The molecule has 0 saturated heterocycles. The van der Waals surface area contributed by atoms with Crippen molar-refractivity contribution < 1.29 is 9.59 Å². The van der Waals surface area contributed by atoms with Crippen molar-refractivity contribution in [2.45, 2.75) is 32.6 Å². The zero-order valence-electron chi connectivity index (χ0n) is 16.8. The van der Waals surface area contributed by atoms with Gasteiger partial charge in [0, 0.05) is 51.8 Å². The van der Waals surface area contributed by atoms with Gasteiger partial charge in [0.15, 0.2) is 11.6 Å². The lowest BCUT2D eigenvalue weighted by atomic mass is 9.68. The monoisotopic (exact) mass is 447 g/mol. The average Bonchev–Trinajstić information content (AvgIpc) is 2.97. The first-order valence-electron chi connectivity index (χ1n) is 9.92. The van der Waals surface area contributed by atoms with Crippen LogP contribution in [0.15, 0.2) is 69.8 Å². The number of ketones is 2. The number of halogens is 1. The summed E-state index contributed by atoms with van der Waals surface area (Å²) in [5, 5.41) is 0. The van der Waals surface area contributed by atoms with Gasteiger partial charge in [-0.25, -0.2) is 0 Å². The fourth-order valence-corrected chi connectivity index (χ4v) is 5.38. The molecule has 3 nitrogen and oxygen atoms in total. The Kier molecular flexibility index (Phi) is 4.01. The maximum absolute atomic E-state index is 13.5. The van der Waals surface area contributed by atoms with Gasteiger partial charge in [0.2, 0.25) is 0 Å². The SMILES string of the molecule is CN1C2=C(C(=O)CC(C)(C)C2)C(c2ccc(Br)cc2)C2=C1c1ccccc1C2=O. The summed E-state index contributed by atoms with van der Waals surface area (Å²) in [4.78, 5) is 29.0. The number of rotatable bonds is 1. The Morgan fingerprint density at radius 3 is 2.28 bits per heavy atom. The molecule has 1 unspecified atom stereocenters. The molecule has 4 heteroatoms. The molecule has 3 aliphatic rings. The Hall–Kier alpha value is -2.46. The molecule has 0 bridgehead atoms. The number of benzene rings is 2. The average molecular weight is 448 g/mol. The van der Waals surface area contributed by atoms with E-state index in [-0.39, 0.29) is 22.9 Å². The van der Waals surface area contributed by atoms with E-state index in [9.17, 15) is 9.59 Å². The van der Waals surface area contributed by atoms with Crippen molar-refractivity contribution in [3.63, 3.8) is 0 Å². The number of nitrogens with zero attached hydrogens (tertiary/aromatic N) is 1. The smallest absolute Gasteiger partial charge is 0.192 e. The van der Waals surface area contributed by atoms with Crippen LogP contribution in [0, 0.1) is 5.41 Å². The Labute approximate surface area is 179 Å². The molecular formula is C25H22BrNO2. The van der Waals surface area contributed by atoms with E-state index in [1.165, 1.54) is 0 Å². The van der Waals surface area contributed by atoms with E-state index in [0.717, 1.165) is 50.1 Å². The third kappa shape index (κ3) is 2.69. The predicted octanol–water partition coefficient (Wildman–Crippen LogP) is 5.73. The maximum atomic E-state index is 13.5. The van der Waals surface area contributed by atoms with Gasteiger partial charge in [-0.3, -0.25) is 9.59 Å². The Balaban J connectivity index is 1.79. The van der Waals surface area contributed by atoms with Crippen LogP contribution in [-0.4, -0.2) is 23.5 Å². The summed E-state index contributed by atoms with van der Waals surface area (Å²) in [7, 11) is 2.01. The first-order chi connectivity index (χ1) is 13.8. The molecule has 146 valence electrons. The third-order valence-electron chi connectivity index (χ3n) is 6.34. The molecular weight excluding hydrogens is 426 g/mol. The standard InChI is InChI=1S/C25H22BrNO2/c1-25(2)12-18-21(19(28)13-25)20(14-8-10-15(26)11-9-14)22-23(27(18)3)16-6-4-5-7-17(16)24(22)29/h4-11,20H,12-13H2,1-3H3. The van der Waals surface area contributed by atoms with Crippen LogP contribution in [0.3, 0.4) is 0 Å². The zero-order chi connectivity index (χ0) is 20.5. The predicted molar refractivity (Wildman–Crippen MR) is 117 cm³/mol. The van der Waals surface area contributed by atoms with Crippen molar-refractivity contribution in [3.8, 4) is 0 Å². The number of carbonyl (C=O) groups excluding carboxylic acids is 2. The fraction of sp³-hybridized carbons (Fsp3) is 0.280. The Morgan fingerprint density at radius 2 is 1.59 bits per heavy atom. The molecule has 0 aromatic heterocycles. The van der Waals surface area contributed by atoms with E-state index in [4.69, 9.17) is 0 Å². The van der Waals surface area contributed by atoms with Crippen LogP contribution in [0.4, 0.5) is 0 Å². The van der Waals surface area contributed by atoms with Crippen LogP contribution in [-0.2, 0) is 4.79 Å². The molecule has 0 spiro atoms. The third-order valence-corrected chi connectivity index (χ3v) is 6.87. The van der Waals surface area contributed by atoms with Crippen LogP contribution in [0.5, 0.6) is 0 Å². The quantitative estimate of drug-likeness (QED) is 0.559. The van der Waals surface area contributed by atoms with E-state index in [2.05, 4.69) is 34.7 Å². The summed E-state index contributed by atoms with van der Waals surface area (Å²) in [6.45, 7) is 4.30. The van der Waals surface area contributed by atoms with Gasteiger partial charge in [0.25, 0.3) is 0 Å². The highest BCUT2D eigenvalue weighted by molar-refractivity contribution is 9.10. The van der Waals surface area contributed by atoms with Crippen LogP contribution in [0.1, 0.15) is 54.1 Å². The molecule has 2 aromatic carbocycles. The molecule has 0 N–H and O–H groups in total. The number of allylic oxidation sites excluding steroid dienone is 3. The van der Waals surface area contributed by atoms with Gasteiger partial charge in [0.05, 0.1) is 5.70 Å². The molecule has 1 aliphatic heterocycles. The summed E-state index contributed by atoms with van der Waals surface area (Å²) in [5.74, 6) is -0.112. The number of fused-ring (bicyclic) bond motifs is 2. The second kappa shape index (κ2) is 6.27. The van der Waals surface area contributed by atoms with Crippen LogP contribution >= 0.6 is 15.9 Å². The van der Waals surface area contributed by atoms with Crippen LogP contribution < -0.4 is 0 Å². The summed E-state index contributed by atoms with van der Waals surface area (Å²) in [5.41, 5.74) is 6.17. The number of carbonyl (C=O) groups is 2. The first-order valence-corrected chi connectivity index (χ1v) is 10.7. The van der Waals surface area contributed by atoms with Crippen molar-refractivity contribution in [3.05, 3.63) is 86.5 Å². The van der Waals surface area contributed by atoms with Gasteiger partial charge < -0.3 is 4.90 Å². The molecule has 5 rings (SSSR count). The summed E-state index contributed by atoms with van der Waals surface area (Å²) in [6.07, 6.45) is 1.33. The van der Waals surface area contributed by atoms with Gasteiger partial charge >= 0.3 is 0 Å². The molecule has 0 fully saturated rings. The Morgan fingerprint density at radius 1 is 0.931 bits per heavy atom. The van der Waals surface area contributed by atoms with Crippen LogP contribution in [0.2, 0.25) is 0 Å². The lowest BCUT2D eigenvalue weighted by Crippen LogP contribution is -2.37. The maximum Gasteiger partial charge on any atom is 0.192 e. The summed E-state index contributed by atoms with van der Waals surface area (Å²) in [6, 6.07) is 15.8. The minimum atomic E-state index is -0.312. The lowest BCUT2D eigenvalue weighted by Gasteiger charge is -2.43. The highest BCUT2D eigenvalue weighted by Crippen LogP contribution is 2.54. The molecule has 0 amide bonds. The number of Topliss-reactive ketones (excluding diaryl/α,β-unsaturated/α-hetero) is 2. The van der Waals surface area contributed by atoms with Crippen molar-refractivity contribution in [1.82, 2.24) is 4.90 Å². The van der Waals surface area contributed by atoms with Crippen LogP contribution in [0.25, 0.3) is 5.70 Å². The minimum Gasteiger partial charge on any atom is -0.347 e. The molecule has 2 aromatic rings. The zero-order valence-corrected chi connectivity index (χ0v) is 18.3. The minimum absolute atomic E-state index is 0.0413. The van der Waals surface area contributed by atoms with Gasteiger partial charge in [-0.2, -0.15) is 0 Å². The molecule has 1 atom stereocenters. The topological polar surface area (TPSA) is 37.4 Å². The normalized spacial score (nSPS) is 22.6. The van der Waals surface area contributed by atoms with E-state index in [1.807, 2.05) is 55.6 Å². The second-order valence-electron chi connectivity index (χ2n) is 8.98. The van der Waals surface area contributed by atoms with Gasteiger partial charge in [-0.15, -0.1) is 0 Å². The second-order valence-corrected chi connectivity index (χ2v) is 9.90. The summed E-state index contributed by atoms with van der Waals surface area (Å²) < 4.78 is 0.981. The van der Waals surface area contributed by atoms with Crippen molar-refractivity contribution in [2.24, 2.45) is 5.41 Å². The van der Waals surface area contributed by atoms with E-state index in [0.29, 0.717) is 6.42 Å². The fourth-order valence-electron chi connectivity index (χ4n) is 5.11. The van der Waals surface area contributed by atoms with Crippen molar-refractivity contribution in [1.29, 1.82) is 0 Å². The number of hydrogen-bond acceptors (Lipinski definition) is 3. The van der Waals surface area contributed by atoms with Gasteiger partial charge in [-0.1, -0.05) is 66.2 Å². The lowest BCUT2D eigenvalue weighted by molar-refractivity contribution is -0.118. The van der Waals surface area contributed by atoms with Gasteiger partial charge in [0.1, 0.15) is 0 Å². The highest BCUT2D eigenvalue weighted by atomic mass is 79.9. The molecule has 0 radical (unpaired) electrons. The first kappa shape index (κ1) is 18.6. The van der Waals surface area contributed by atoms with E-state index >= 15 is 0 Å². The molecule has 2 aliphatic carbocycles. The molecule has 0 saturated carbocycles. The van der Waals surface area contributed by atoms with Crippen molar-refractivity contribution in [2.75, 3.05) is 7.05 Å². The Bertz CT molecular complexity index is 1140. The van der Waals surface area contributed by atoms with Crippen molar-refractivity contribution >= 4 is 33.2 Å². The molecule has 1 heterocycles. The highest BCUT2D eigenvalue weighted by Gasteiger charge is 2.48. The van der Waals surface area contributed by atoms with E-state index in [1.54, 1.807) is 0 Å². The van der Waals surface area contributed by atoms with E-state index < -0.39 is 0 Å². The largest absolute Gasteiger partial charge is 0.347 e. The van der Waals surface area contributed by atoms with Gasteiger partial charge in [-0.05, 0) is 29.5 Å². The summed E-state index contributed by atoms with van der Waals surface area (Å²) >= 11 is 3.50.